The molecule has 5 nitrogen and oxygen atoms in total. The zero-order chi connectivity index (χ0) is 16.4. The molecule has 1 spiro atoms. The number of hydrogen-bond donors (Lipinski definition) is 2. The summed E-state index contributed by atoms with van der Waals surface area (Å²) < 4.78 is 18.8. The first kappa shape index (κ1) is 16.2. The number of nitrogens with zero attached hydrogens (tertiary/aromatic N) is 1. The highest BCUT2D eigenvalue weighted by molar-refractivity contribution is 5.84. The maximum absolute atomic E-state index is 13.8. The monoisotopic (exact) mass is 322 g/mol. The maximum Gasteiger partial charge on any atom is 0.230 e. The topological polar surface area (TPSA) is 61.8 Å². The molecule has 2 heterocycles. The van der Waals surface area contributed by atoms with Crippen LogP contribution in [0.1, 0.15) is 24.8 Å². The summed E-state index contributed by atoms with van der Waals surface area (Å²) in [6.45, 7) is 2.44. The number of carbonyl (C=O) groups excluding carboxylic acids is 1. The molecular formula is C17H23FN2O3. The highest BCUT2D eigenvalue weighted by Crippen LogP contribution is 2.37. The molecule has 0 aromatic heterocycles. The summed E-state index contributed by atoms with van der Waals surface area (Å²) in [4.78, 5) is 14.5. The second kappa shape index (κ2) is 6.45. The van der Waals surface area contributed by atoms with E-state index in [0.717, 1.165) is 12.0 Å². The fourth-order valence-corrected chi connectivity index (χ4v) is 3.73. The Morgan fingerprint density at radius 1 is 1.52 bits per heavy atom. The first-order valence-electron chi connectivity index (χ1n) is 8.06. The Balaban J connectivity index is 1.74. The lowest BCUT2D eigenvalue weighted by Gasteiger charge is -2.47. The highest BCUT2D eigenvalue weighted by Gasteiger charge is 2.49. The standard InChI is InChI=1S/C17H23FN2O3/c1-23-14-4-3-12(9-13(14)18)10-20-8-5-15(21)17(11-20)6-2-7-19-16(17)22/h3-4,9,15,21H,2,5-8,10-11H2,1H3,(H,19,22)/t15-,17-/m1/s1. The largest absolute Gasteiger partial charge is 0.494 e. The molecule has 2 N–H and O–H groups in total. The summed E-state index contributed by atoms with van der Waals surface area (Å²) in [6.07, 6.45) is 1.54. The van der Waals surface area contributed by atoms with Gasteiger partial charge in [-0.15, -0.1) is 0 Å². The van der Waals surface area contributed by atoms with Gasteiger partial charge in [-0.2, -0.15) is 0 Å². The third kappa shape index (κ3) is 3.05. The number of ether oxygens (including phenoxy) is 1. The number of aliphatic hydroxyl groups is 1. The van der Waals surface area contributed by atoms with E-state index in [2.05, 4.69) is 10.2 Å². The minimum atomic E-state index is -0.721. The molecule has 3 rings (SSSR count). The fourth-order valence-electron chi connectivity index (χ4n) is 3.73. The molecule has 23 heavy (non-hydrogen) atoms. The van der Waals surface area contributed by atoms with Gasteiger partial charge in [0.1, 0.15) is 0 Å². The van der Waals surface area contributed by atoms with E-state index in [4.69, 9.17) is 4.74 Å². The first-order valence-corrected chi connectivity index (χ1v) is 8.06. The number of carbonyl (C=O) groups is 1. The number of nitrogens with one attached hydrogen (secondary N) is 1. The Kier molecular flexibility index (Phi) is 4.55. The second-order valence-electron chi connectivity index (χ2n) is 6.50. The van der Waals surface area contributed by atoms with Gasteiger partial charge in [-0.05, 0) is 37.0 Å². The van der Waals surface area contributed by atoms with Crippen molar-refractivity contribution in [1.29, 1.82) is 0 Å². The van der Waals surface area contributed by atoms with Crippen LogP contribution in [0.5, 0.6) is 5.75 Å². The number of aliphatic hydroxyl groups excluding tert-OH is 1. The maximum atomic E-state index is 13.8. The van der Waals surface area contributed by atoms with Gasteiger partial charge in [-0.1, -0.05) is 6.07 Å². The fraction of sp³-hybridized carbons (Fsp3) is 0.588. The van der Waals surface area contributed by atoms with Gasteiger partial charge >= 0.3 is 0 Å². The lowest BCUT2D eigenvalue weighted by molar-refractivity contribution is -0.149. The Hall–Kier alpha value is -1.66. The molecule has 2 atom stereocenters. The average Bonchev–Trinajstić information content (AvgIpc) is 2.54. The predicted molar refractivity (Wildman–Crippen MR) is 83.5 cm³/mol. The number of hydrogen-bond acceptors (Lipinski definition) is 4. The normalized spacial score (nSPS) is 28.7. The first-order chi connectivity index (χ1) is 11.0. The van der Waals surface area contributed by atoms with Crippen LogP contribution >= 0.6 is 0 Å². The van der Waals surface area contributed by atoms with E-state index < -0.39 is 11.5 Å². The van der Waals surface area contributed by atoms with Gasteiger partial charge in [-0.25, -0.2) is 4.39 Å². The molecule has 1 amide bonds. The van der Waals surface area contributed by atoms with Gasteiger partial charge < -0.3 is 15.2 Å². The van der Waals surface area contributed by atoms with E-state index >= 15 is 0 Å². The third-order valence-corrected chi connectivity index (χ3v) is 5.02. The van der Waals surface area contributed by atoms with Crippen LogP contribution in [0.3, 0.4) is 0 Å². The van der Waals surface area contributed by atoms with Crippen LogP contribution in [0.2, 0.25) is 0 Å². The minimum absolute atomic E-state index is 0.0538. The molecule has 0 unspecified atom stereocenters. The van der Waals surface area contributed by atoms with Crippen molar-refractivity contribution in [1.82, 2.24) is 10.2 Å². The Bertz CT molecular complexity index is 595. The molecule has 2 fully saturated rings. The summed E-state index contributed by atoms with van der Waals surface area (Å²) in [6, 6.07) is 4.92. The summed E-state index contributed by atoms with van der Waals surface area (Å²) in [5.74, 6) is -0.208. The van der Waals surface area contributed by atoms with Crippen molar-refractivity contribution in [2.24, 2.45) is 5.41 Å². The number of likely N-dealkylation sites (tertiary alicyclic amines) is 1. The zero-order valence-electron chi connectivity index (χ0n) is 13.3. The number of rotatable bonds is 3. The van der Waals surface area contributed by atoms with E-state index in [1.165, 1.54) is 13.2 Å². The van der Waals surface area contributed by atoms with Gasteiger partial charge in [-0.3, -0.25) is 9.69 Å². The molecule has 6 heteroatoms. The van der Waals surface area contributed by atoms with Gasteiger partial charge in [0.05, 0.1) is 18.6 Å². The molecule has 0 saturated carbocycles. The van der Waals surface area contributed by atoms with Crippen molar-refractivity contribution in [3.8, 4) is 5.75 Å². The molecule has 0 aliphatic carbocycles. The average molecular weight is 322 g/mol. The van der Waals surface area contributed by atoms with Crippen molar-refractivity contribution >= 4 is 5.91 Å². The van der Waals surface area contributed by atoms with Crippen LogP contribution in [0.4, 0.5) is 4.39 Å². The molecule has 1 aromatic carbocycles. The smallest absolute Gasteiger partial charge is 0.230 e. The SMILES string of the molecule is COc1ccc(CN2CC[C@@H](O)[C@@]3(CCCNC3=O)C2)cc1F. The van der Waals surface area contributed by atoms with Crippen LogP contribution < -0.4 is 10.1 Å². The van der Waals surface area contributed by atoms with Crippen molar-refractivity contribution < 1.29 is 19.0 Å². The van der Waals surface area contributed by atoms with Crippen LogP contribution in [0, 0.1) is 11.2 Å². The van der Waals surface area contributed by atoms with Gasteiger partial charge in [0.15, 0.2) is 11.6 Å². The lowest BCUT2D eigenvalue weighted by Crippen LogP contribution is -2.61. The molecule has 0 bridgehead atoms. The molecule has 0 radical (unpaired) electrons. The van der Waals surface area contributed by atoms with Crippen LogP contribution in [-0.4, -0.2) is 48.8 Å². The number of benzene rings is 1. The molecular weight excluding hydrogens is 299 g/mol. The second-order valence-corrected chi connectivity index (χ2v) is 6.50. The summed E-state index contributed by atoms with van der Waals surface area (Å²) in [5.41, 5.74) is 0.118. The molecule has 2 saturated heterocycles. The van der Waals surface area contributed by atoms with Crippen LogP contribution in [0.15, 0.2) is 18.2 Å². The van der Waals surface area contributed by atoms with Gasteiger partial charge in [0.2, 0.25) is 5.91 Å². The Morgan fingerprint density at radius 2 is 2.35 bits per heavy atom. The number of methoxy groups -OCH3 is 1. The van der Waals surface area contributed by atoms with E-state index in [-0.39, 0.29) is 17.5 Å². The quantitative estimate of drug-likeness (QED) is 0.880. The minimum Gasteiger partial charge on any atom is -0.494 e. The van der Waals surface area contributed by atoms with E-state index in [1.807, 2.05) is 6.07 Å². The van der Waals surface area contributed by atoms with Crippen molar-refractivity contribution in [3.05, 3.63) is 29.6 Å². The molecule has 126 valence electrons. The highest BCUT2D eigenvalue weighted by atomic mass is 19.1. The summed E-state index contributed by atoms with van der Waals surface area (Å²) >= 11 is 0. The number of amides is 1. The van der Waals surface area contributed by atoms with Gasteiger partial charge in [0, 0.05) is 26.2 Å². The molecule has 1 aromatic rings. The van der Waals surface area contributed by atoms with E-state index in [9.17, 15) is 14.3 Å². The van der Waals surface area contributed by atoms with Crippen LogP contribution in [-0.2, 0) is 11.3 Å². The zero-order valence-corrected chi connectivity index (χ0v) is 13.3. The van der Waals surface area contributed by atoms with Crippen molar-refractivity contribution in [2.45, 2.75) is 31.9 Å². The number of piperidine rings is 2. The Morgan fingerprint density at radius 3 is 3.04 bits per heavy atom. The van der Waals surface area contributed by atoms with Crippen LogP contribution in [0.25, 0.3) is 0 Å². The number of halogens is 1. The van der Waals surface area contributed by atoms with Crippen molar-refractivity contribution in [2.75, 3.05) is 26.7 Å². The van der Waals surface area contributed by atoms with Gasteiger partial charge in [0.25, 0.3) is 0 Å². The molecule has 2 aliphatic rings. The molecule has 2 aliphatic heterocycles. The summed E-state index contributed by atoms with van der Waals surface area (Å²) in [7, 11) is 1.44. The third-order valence-electron chi connectivity index (χ3n) is 5.02. The summed E-state index contributed by atoms with van der Waals surface area (Å²) in [5, 5.41) is 13.3. The Labute approximate surface area is 135 Å². The predicted octanol–water partition coefficient (Wildman–Crippen LogP) is 1.30. The van der Waals surface area contributed by atoms with E-state index in [0.29, 0.717) is 39.0 Å². The lowest BCUT2D eigenvalue weighted by atomic mass is 9.71. The van der Waals surface area contributed by atoms with E-state index in [1.54, 1.807) is 6.07 Å². The van der Waals surface area contributed by atoms with Crippen molar-refractivity contribution in [3.63, 3.8) is 0 Å².